The molecule has 1 atom stereocenters. The van der Waals surface area contributed by atoms with Gasteiger partial charge in [0.2, 0.25) is 0 Å². The van der Waals surface area contributed by atoms with E-state index in [-0.39, 0.29) is 11.2 Å². The van der Waals surface area contributed by atoms with E-state index in [0.29, 0.717) is 0 Å². The van der Waals surface area contributed by atoms with Crippen molar-refractivity contribution in [3.63, 3.8) is 0 Å². The van der Waals surface area contributed by atoms with E-state index >= 15 is 0 Å². The summed E-state index contributed by atoms with van der Waals surface area (Å²) in [5.74, 6) is -0.0969. The molecule has 0 saturated heterocycles. The number of amides is 1. The predicted octanol–water partition coefficient (Wildman–Crippen LogP) is 4.02. The molecule has 0 saturated carbocycles. The Morgan fingerprint density at radius 3 is 2.36 bits per heavy atom. The zero-order valence-corrected chi connectivity index (χ0v) is 13.9. The van der Waals surface area contributed by atoms with E-state index in [1.54, 1.807) is 0 Å². The maximum absolute atomic E-state index is 12.1. The molecule has 22 heavy (non-hydrogen) atoms. The van der Waals surface area contributed by atoms with Gasteiger partial charge in [-0.15, -0.1) is 11.8 Å². The highest BCUT2D eigenvalue weighted by Gasteiger charge is 2.13. The van der Waals surface area contributed by atoms with E-state index in [1.165, 1.54) is 17.3 Å². The molecule has 1 amide bonds. The largest absolute Gasteiger partial charge is 0.272 e. The number of carbonyl (C=O) groups is 1. The van der Waals surface area contributed by atoms with Crippen LogP contribution in [0.3, 0.4) is 0 Å². The molecule has 3 nitrogen and oxygen atoms in total. The van der Waals surface area contributed by atoms with Crippen LogP contribution >= 0.6 is 11.8 Å². The highest BCUT2D eigenvalue weighted by atomic mass is 32.2. The number of aryl methyl sites for hydroxylation is 1. The van der Waals surface area contributed by atoms with Gasteiger partial charge >= 0.3 is 0 Å². The first-order chi connectivity index (χ1) is 10.6. The average molecular weight is 312 g/mol. The summed E-state index contributed by atoms with van der Waals surface area (Å²) in [6.45, 7) is 5.81. The Bertz CT molecular complexity index is 651. The van der Waals surface area contributed by atoms with Crippen LogP contribution in [0.5, 0.6) is 0 Å². The number of nitrogens with zero attached hydrogens (tertiary/aromatic N) is 1. The molecule has 0 aliphatic carbocycles. The zero-order chi connectivity index (χ0) is 15.9. The molecule has 1 N–H and O–H groups in total. The lowest BCUT2D eigenvalue weighted by molar-refractivity contribution is -0.120. The average Bonchev–Trinajstić information content (AvgIpc) is 2.53. The molecule has 0 aromatic heterocycles. The summed E-state index contributed by atoms with van der Waals surface area (Å²) in [6.07, 6.45) is 0. The Balaban J connectivity index is 1.93. The van der Waals surface area contributed by atoms with E-state index in [0.717, 1.165) is 16.2 Å². The van der Waals surface area contributed by atoms with Crippen molar-refractivity contribution in [1.82, 2.24) is 5.43 Å². The van der Waals surface area contributed by atoms with E-state index in [4.69, 9.17) is 0 Å². The molecule has 2 aromatic carbocycles. The Morgan fingerprint density at radius 2 is 1.73 bits per heavy atom. The number of nitrogens with one attached hydrogen (secondary N) is 1. The quantitative estimate of drug-likeness (QED) is 0.515. The number of rotatable bonds is 5. The lowest BCUT2D eigenvalue weighted by Crippen LogP contribution is -2.27. The van der Waals surface area contributed by atoms with Gasteiger partial charge in [0.25, 0.3) is 5.91 Å². The van der Waals surface area contributed by atoms with E-state index < -0.39 is 0 Å². The zero-order valence-electron chi connectivity index (χ0n) is 13.0. The monoisotopic (exact) mass is 312 g/mol. The summed E-state index contributed by atoms with van der Waals surface area (Å²) in [5, 5.41) is 3.99. The van der Waals surface area contributed by atoms with Crippen LogP contribution in [0.25, 0.3) is 0 Å². The Morgan fingerprint density at radius 1 is 1.09 bits per heavy atom. The molecular formula is C18H20N2OS. The van der Waals surface area contributed by atoms with Gasteiger partial charge in [0.05, 0.1) is 11.0 Å². The van der Waals surface area contributed by atoms with Gasteiger partial charge in [-0.1, -0.05) is 48.0 Å². The number of hydrogen-bond donors (Lipinski definition) is 1. The van der Waals surface area contributed by atoms with Crippen LogP contribution in [0.2, 0.25) is 0 Å². The fourth-order valence-corrected chi connectivity index (χ4v) is 2.73. The van der Waals surface area contributed by atoms with Gasteiger partial charge in [-0.25, -0.2) is 5.43 Å². The molecule has 0 bridgehead atoms. The maximum atomic E-state index is 12.1. The molecule has 0 unspecified atom stereocenters. The number of hydrazone groups is 1. The van der Waals surface area contributed by atoms with Crippen molar-refractivity contribution in [2.45, 2.75) is 30.9 Å². The van der Waals surface area contributed by atoms with Gasteiger partial charge < -0.3 is 0 Å². The number of benzene rings is 2. The lowest BCUT2D eigenvalue weighted by Gasteiger charge is -2.10. The second-order valence-electron chi connectivity index (χ2n) is 5.11. The van der Waals surface area contributed by atoms with Crippen molar-refractivity contribution in [2.24, 2.45) is 5.10 Å². The van der Waals surface area contributed by atoms with Gasteiger partial charge in [0.15, 0.2) is 0 Å². The smallest absolute Gasteiger partial charge is 0.253 e. The van der Waals surface area contributed by atoms with Crippen LogP contribution in [0, 0.1) is 6.92 Å². The highest BCUT2D eigenvalue weighted by molar-refractivity contribution is 8.00. The molecular weight excluding hydrogens is 292 g/mol. The molecule has 4 heteroatoms. The minimum atomic E-state index is -0.197. The van der Waals surface area contributed by atoms with Crippen molar-refractivity contribution in [3.8, 4) is 0 Å². The first kappa shape index (κ1) is 16.3. The SMILES string of the molecule is C/C(=N/NC(=O)[C@H](C)Sc1ccccc1)c1ccc(C)cc1. The van der Waals surface area contributed by atoms with Crippen molar-refractivity contribution < 1.29 is 4.79 Å². The first-order valence-corrected chi connectivity index (χ1v) is 8.07. The van der Waals surface area contributed by atoms with Crippen LogP contribution in [0.15, 0.2) is 64.6 Å². The molecule has 0 fully saturated rings. The molecule has 0 aliphatic heterocycles. The van der Waals surface area contributed by atoms with Crippen LogP contribution in [0.4, 0.5) is 0 Å². The normalized spacial score (nSPS) is 12.8. The fourth-order valence-electron chi connectivity index (χ4n) is 1.85. The van der Waals surface area contributed by atoms with Gasteiger partial charge in [0.1, 0.15) is 0 Å². The van der Waals surface area contributed by atoms with Crippen LogP contribution in [0.1, 0.15) is 25.0 Å². The van der Waals surface area contributed by atoms with Crippen molar-refractivity contribution in [2.75, 3.05) is 0 Å². The number of thioether (sulfide) groups is 1. The van der Waals surface area contributed by atoms with Gasteiger partial charge in [-0.2, -0.15) is 5.10 Å². The molecule has 0 aliphatic rings. The van der Waals surface area contributed by atoms with Crippen molar-refractivity contribution in [3.05, 3.63) is 65.7 Å². The lowest BCUT2D eigenvalue weighted by atomic mass is 10.1. The van der Waals surface area contributed by atoms with Gasteiger partial charge in [0, 0.05) is 4.90 Å². The maximum Gasteiger partial charge on any atom is 0.253 e. The summed E-state index contributed by atoms with van der Waals surface area (Å²) in [4.78, 5) is 13.2. The number of hydrogen-bond acceptors (Lipinski definition) is 3. The summed E-state index contributed by atoms with van der Waals surface area (Å²) >= 11 is 1.52. The van der Waals surface area contributed by atoms with E-state index in [1.807, 2.05) is 75.4 Å². The first-order valence-electron chi connectivity index (χ1n) is 7.19. The third-order valence-electron chi connectivity index (χ3n) is 3.23. The molecule has 0 heterocycles. The fraction of sp³-hybridized carbons (Fsp3) is 0.222. The van der Waals surface area contributed by atoms with Crippen molar-refractivity contribution >= 4 is 23.4 Å². The highest BCUT2D eigenvalue weighted by Crippen LogP contribution is 2.22. The minimum absolute atomic E-state index is 0.0969. The van der Waals surface area contributed by atoms with Gasteiger partial charge in [-0.3, -0.25) is 4.79 Å². The van der Waals surface area contributed by atoms with Crippen LogP contribution in [-0.4, -0.2) is 16.9 Å². The predicted molar refractivity (Wildman–Crippen MR) is 93.3 cm³/mol. The van der Waals surface area contributed by atoms with E-state index in [9.17, 15) is 4.79 Å². The van der Waals surface area contributed by atoms with E-state index in [2.05, 4.69) is 10.5 Å². The second kappa shape index (κ2) is 7.80. The minimum Gasteiger partial charge on any atom is -0.272 e. The van der Waals surface area contributed by atoms with Crippen LogP contribution in [-0.2, 0) is 4.79 Å². The Kier molecular flexibility index (Phi) is 5.78. The third kappa shape index (κ3) is 4.74. The van der Waals surface area contributed by atoms with Crippen molar-refractivity contribution in [1.29, 1.82) is 0 Å². The molecule has 0 radical (unpaired) electrons. The third-order valence-corrected chi connectivity index (χ3v) is 4.34. The standard InChI is InChI=1S/C18H20N2OS/c1-13-9-11-16(12-10-13)14(2)19-20-18(21)15(3)22-17-7-5-4-6-8-17/h4-12,15H,1-3H3,(H,20,21)/b19-14-/t15-/m0/s1. The summed E-state index contributed by atoms with van der Waals surface area (Å²) in [5.41, 5.74) is 5.65. The van der Waals surface area contributed by atoms with Gasteiger partial charge in [-0.05, 0) is 38.5 Å². The summed E-state index contributed by atoms with van der Waals surface area (Å²) < 4.78 is 0. The topological polar surface area (TPSA) is 41.5 Å². The second-order valence-corrected chi connectivity index (χ2v) is 6.53. The Hall–Kier alpha value is -2.07. The molecule has 0 spiro atoms. The molecule has 2 aromatic rings. The Labute approximate surface area is 135 Å². The molecule has 2 rings (SSSR count). The summed E-state index contributed by atoms with van der Waals surface area (Å²) in [7, 11) is 0. The molecule has 114 valence electrons. The summed E-state index contributed by atoms with van der Waals surface area (Å²) in [6, 6.07) is 18.0. The number of carbonyl (C=O) groups excluding carboxylic acids is 1. The van der Waals surface area contributed by atoms with Crippen LogP contribution < -0.4 is 5.43 Å².